The van der Waals surface area contributed by atoms with Gasteiger partial charge >= 0.3 is 6.03 Å². The number of amides is 2. The number of carbonyl (C=O) groups is 1. The van der Waals surface area contributed by atoms with Gasteiger partial charge < -0.3 is 10.1 Å². The summed E-state index contributed by atoms with van der Waals surface area (Å²) in [6, 6.07) is 5.24. The smallest absolute Gasteiger partial charge is 0.320 e. The number of carbonyl (C=O) groups excluding carboxylic acids is 1. The highest BCUT2D eigenvalue weighted by Gasteiger charge is 2.38. The number of nitrogens with zero attached hydrogens (tertiary/aromatic N) is 3. The van der Waals surface area contributed by atoms with Crippen molar-refractivity contribution in [2.24, 2.45) is 0 Å². The maximum Gasteiger partial charge on any atom is 0.320 e. The minimum atomic E-state index is -0.271. The molecule has 0 saturated heterocycles. The standard InChI is InChI=1S/C18H20N6O2/c1-26-11-18(5-2-6-18)24-17(25)23-16-4-3-14-15(22-16)7-12(8-19-14)13-9-20-21-10-13/h3-4,7-10H,2,5-6,11H2,1H3,(H,20,21)(H2,22,23,24,25). The highest BCUT2D eigenvalue weighted by molar-refractivity contribution is 5.90. The highest BCUT2D eigenvalue weighted by atomic mass is 16.5. The summed E-state index contributed by atoms with van der Waals surface area (Å²) >= 11 is 0. The molecule has 4 rings (SSSR count). The number of hydrogen-bond donors (Lipinski definition) is 3. The van der Waals surface area contributed by atoms with E-state index >= 15 is 0 Å². The van der Waals surface area contributed by atoms with Crippen molar-refractivity contribution in [2.75, 3.05) is 19.0 Å². The first-order valence-corrected chi connectivity index (χ1v) is 8.52. The molecule has 8 heteroatoms. The fourth-order valence-corrected chi connectivity index (χ4v) is 3.22. The summed E-state index contributed by atoms with van der Waals surface area (Å²) < 4.78 is 5.23. The average molecular weight is 352 g/mol. The number of ether oxygens (including phenoxy) is 1. The van der Waals surface area contributed by atoms with Crippen molar-refractivity contribution in [3.8, 4) is 11.1 Å². The lowest BCUT2D eigenvalue weighted by atomic mass is 9.77. The molecule has 0 aromatic carbocycles. The molecule has 3 N–H and O–H groups in total. The van der Waals surface area contributed by atoms with E-state index in [0.717, 1.165) is 35.9 Å². The molecule has 1 aliphatic rings. The van der Waals surface area contributed by atoms with E-state index in [2.05, 4.69) is 30.8 Å². The van der Waals surface area contributed by atoms with Gasteiger partial charge in [-0.05, 0) is 37.5 Å². The summed E-state index contributed by atoms with van der Waals surface area (Å²) in [6.07, 6.45) is 8.26. The van der Waals surface area contributed by atoms with Gasteiger partial charge in [0.05, 0.1) is 29.4 Å². The topological polar surface area (TPSA) is 105 Å². The molecule has 0 aliphatic heterocycles. The van der Waals surface area contributed by atoms with Gasteiger partial charge in [0.25, 0.3) is 0 Å². The minimum absolute atomic E-state index is 0.258. The Morgan fingerprint density at radius 3 is 2.85 bits per heavy atom. The van der Waals surface area contributed by atoms with Gasteiger partial charge in [-0.1, -0.05) is 0 Å². The van der Waals surface area contributed by atoms with Gasteiger partial charge in [0.2, 0.25) is 0 Å². The molecule has 0 atom stereocenters. The molecule has 0 unspecified atom stereocenters. The maximum atomic E-state index is 12.3. The van der Waals surface area contributed by atoms with Crippen molar-refractivity contribution in [3.63, 3.8) is 0 Å². The van der Waals surface area contributed by atoms with Crippen LogP contribution < -0.4 is 10.6 Å². The Labute approximate surface area is 150 Å². The first-order valence-electron chi connectivity index (χ1n) is 8.52. The van der Waals surface area contributed by atoms with Gasteiger partial charge in [-0.2, -0.15) is 5.10 Å². The van der Waals surface area contributed by atoms with Gasteiger partial charge in [-0.3, -0.25) is 15.4 Å². The van der Waals surface area contributed by atoms with E-state index in [1.807, 2.05) is 12.1 Å². The number of anilines is 1. The molecule has 3 heterocycles. The highest BCUT2D eigenvalue weighted by Crippen LogP contribution is 2.32. The lowest BCUT2D eigenvalue weighted by Crippen LogP contribution is -2.57. The lowest BCUT2D eigenvalue weighted by molar-refractivity contribution is 0.0648. The molecule has 0 radical (unpaired) electrons. The summed E-state index contributed by atoms with van der Waals surface area (Å²) in [5, 5.41) is 12.6. The second-order valence-electron chi connectivity index (χ2n) is 6.59. The van der Waals surface area contributed by atoms with Gasteiger partial charge in [0.15, 0.2) is 0 Å². The molecule has 8 nitrogen and oxygen atoms in total. The predicted molar refractivity (Wildman–Crippen MR) is 97.7 cm³/mol. The van der Waals surface area contributed by atoms with Crippen LogP contribution in [0.2, 0.25) is 0 Å². The number of rotatable bonds is 5. The van der Waals surface area contributed by atoms with Gasteiger partial charge in [-0.15, -0.1) is 0 Å². The van der Waals surface area contributed by atoms with Crippen molar-refractivity contribution in [1.82, 2.24) is 25.5 Å². The number of aromatic amines is 1. The summed E-state index contributed by atoms with van der Waals surface area (Å²) in [7, 11) is 1.65. The van der Waals surface area contributed by atoms with Crippen LogP contribution in [0.5, 0.6) is 0 Å². The van der Waals surface area contributed by atoms with Gasteiger partial charge in [-0.25, -0.2) is 9.78 Å². The summed E-state index contributed by atoms with van der Waals surface area (Å²) in [5.74, 6) is 0.480. The number of hydrogen-bond acceptors (Lipinski definition) is 5. The van der Waals surface area contributed by atoms with E-state index < -0.39 is 0 Å². The molecule has 0 bridgehead atoms. The zero-order chi connectivity index (χ0) is 18.0. The Morgan fingerprint density at radius 2 is 2.15 bits per heavy atom. The number of methoxy groups -OCH3 is 1. The van der Waals surface area contributed by atoms with Crippen LogP contribution >= 0.6 is 0 Å². The van der Waals surface area contributed by atoms with Crippen LogP contribution in [0.25, 0.3) is 22.2 Å². The molecule has 1 fully saturated rings. The Hall–Kier alpha value is -3.00. The van der Waals surface area contributed by atoms with Crippen LogP contribution in [-0.4, -0.2) is 45.5 Å². The Balaban J connectivity index is 1.52. The number of H-pyrrole nitrogens is 1. The molecule has 134 valence electrons. The SMILES string of the molecule is COCC1(NC(=O)Nc2ccc3ncc(-c4cn[nH]c4)cc3n2)CCC1. The minimum Gasteiger partial charge on any atom is -0.382 e. The van der Waals surface area contributed by atoms with Crippen LogP contribution in [0.1, 0.15) is 19.3 Å². The Bertz CT molecular complexity index is 921. The Morgan fingerprint density at radius 1 is 1.27 bits per heavy atom. The number of aromatic nitrogens is 4. The summed E-state index contributed by atoms with van der Waals surface area (Å²) in [5.41, 5.74) is 3.05. The molecule has 26 heavy (non-hydrogen) atoms. The van der Waals surface area contributed by atoms with Crippen LogP contribution in [0.4, 0.5) is 10.6 Å². The van der Waals surface area contributed by atoms with E-state index in [4.69, 9.17) is 4.74 Å². The monoisotopic (exact) mass is 352 g/mol. The summed E-state index contributed by atoms with van der Waals surface area (Å²) in [6.45, 7) is 0.517. The lowest BCUT2D eigenvalue weighted by Gasteiger charge is -2.41. The zero-order valence-electron chi connectivity index (χ0n) is 14.5. The molecular formula is C18H20N6O2. The quantitative estimate of drug-likeness (QED) is 0.655. The number of nitrogens with one attached hydrogen (secondary N) is 3. The van der Waals surface area contributed by atoms with Crippen molar-refractivity contribution >= 4 is 22.9 Å². The largest absolute Gasteiger partial charge is 0.382 e. The zero-order valence-corrected chi connectivity index (χ0v) is 14.5. The molecule has 3 aromatic heterocycles. The fourth-order valence-electron chi connectivity index (χ4n) is 3.22. The maximum absolute atomic E-state index is 12.3. The van der Waals surface area contributed by atoms with Crippen molar-refractivity contribution in [1.29, 1.82) is 0 Å². The molecule has 1 aliphatic carbocycles. The second kappa shape index (κ2) is 6.72. The molecule has 0 spiro atoms. The fraction of sp³-hybridized carbons (Fsp3) is 0.333. The molecule has 1 saturated carbocycles. The number of fused-ring (bicyclic) bond motifs is 1. The van der Waals surface area contributed by atoms with Crippen molar-refractivity contribution in [3.05, 3.63) is 36.8 Å². The molecule has 3 aromatic rings. The number of pyridine rings is 2. The van der Waals surface area contributed by atoms with Crippen LogP contribution in [-0.2, 0) is 4.74 Å². The third-order valence-electron chi connectivity index (χ3n) is 4.72. The van der Waals surface area contributed by atoms with Gasteiger partial charge in [0, 0.05) is 30.6 Å². The van der Waals surface area contributed by atoms with Crippen LogP contribution in [0, 0.1) is 0 Å². The van der Waals surface area contributed by atoms with Crippen molar-refractivity contribution < 1.29 is 9.53 Å². The van der Waals surface area contributed by atoms with Crippen LogP contribution in [0.15, 0.2) is 36.8 Å². The first kappa shape index (κ1) is 16.5. The van der Waals surface area contributed by atoms with Gasteiger partial charge in [0.1, 0.15) is 5.82 Å². The normalized spacial score (nSPS) is 15.4. The first-order chi connectivity index (χ1) is 12.7. The predicted octanol–water partition coefficient (Wildman–Crippen LogP) is 2.71. The molecule has 2 amide bonds. The van der Waals surface area contributed by atoms with E-state index in [9.17, 15) is 4.79 Å². The average Bonchev–Trinajstić information content (AvgIpc) is 3.14. The van der Waals surface area contributed by atoms with E-state index in [1.165, 1.54) is 0 Å². The third-order valence-corrected chi connectivity index (χ3v) is 4.72. The Kier molecular flexibility index (Phi) is 4.26. The van der Waals surface area contributed by atoms with Crippen molar-refractivity contribution in [2.45, 2.75) is 24.8 Å². The van der Waals surface area contributed by atoms with E-state index in [1.54, 1.807) is 31.8 Å². The van der Waals surface area contributed by atoms with E-state index in [0.29, 0.717) is 17.9 Å². The summed E-state index contributed by atoms with van der Waals surface area (Å²) in [4.78, 5) is 21.3. The number of urea groups is 1. The molecular weight excluding hydrogens is 332 g/mol. The van der Waals surface area contributed by atoms with E-state index in [-0.39, 0.29) is 11.6 Å². The third kappa shape index (κ3) is 3.23. The second-order valence-corrected chi connectivity index (χ2v) is 6.59. The van der Waals surface area contributed by atoms with Crippen LogP contribution in [0.3, 0.4) is 0 Å².